The Bertz CT molecular complexity index is 915. The molecule has 160 valence electrons. The number of aliphatic hydroxyl groups is 1. The molecule has 0 heterocycles. The zero-order valence-corrected chi connectivity index (χ0v) is 19.6. The Hall–Kier alpha value is -2.46. The highest BCUT2D eigenvalue weighted by molar-refractivity contribution is 6.74. The molecular weight excluding hydrogens is 394 g/mol. The van der Waals surface area contributed by atoms with E-state index in [4.69, 9.17) is 9.16 Å². The van der Waals surface area contributed by atoms with Crippen LogP contribution in [0.5, 0.6) is 0 Å². The second kappa shape index (κ2) is 9.13. The van der Waals surface area contributed by atoms with Gasteiger partial charge >= 0.3 is 5.97 Å². The number of carbonyl (C=O) groups excluding carboxylic acids is 1. The van der Waals surface area contributed by atoms with Gasteiger partial charge in [0.05, 0.1) is 12.2 Å². The second-order valence-electron chi connectivity index (χ2n) is 8.82. The van der Waals surface area contributed by atoms with Gasteiger partial charge in [-0.05, 0) is 42.8 Å². The van der Waals surface area contributed by atoms with Gasteiger partial charge in [0.2, 0.25) is 5.60 Å². The zero-order valence-electron chi connectivity index (χ0n) is 18.6. The van der Waals surface area contributed by atoms with Crippen LogP contribution in [0.2, 0.25) is 18.1 Å². The molecule has 2 rings (SSSR count). The number of ether oxygens (including phenoxy) is 1. The smallest absolute Gasteiger partial charge is 0.338 e. The molecule has 0 aliphatic carbocycles. The molecule has 2 atom stereocenters. The van der Waals surface area contributed by atoms with Crippen LogP contribution < -0.4 is 0 Å². The van der Waals surface area contributed by atoms with E-state index in [9.17, 15) is 15.2 Å². The predicted octanol–water partition coefficient (Wildman–Crippen LogP) is 5.34. The van der Waals surface area contributed by atoms with Crippen LogP contribution in [-0.4, -0.2) is 26.0 Å². The summed E-state index contributed by atoms with van der Waals surface area (Å²) in [6, 6.07) is 17.9. The van der Waals surface area contributed by atoms with Gasteiger partial charge < -0.3 is 14.3 Å². The topological polar surface area (TPSA) is 79.6 Å². The van der Waals surface area contributed by atoms with Crippen molar-refractivity contribution in [3.63, 3.8) is 0 Å². The van der Waals surface area contributed by atoms with E-state index >= 15 is 0 Å². The molecule has 0 spiro atoms. The average molecular weight is 426 g/mol. The SMILES string of the molecule is CCOC(=O)c1cccc(C(C#N)(O[Si](C)(C)C(C)(C)C)C(O)c2ccccc2)c1. The first-order valence-corrected chi connectivity index (χ1v) is 13.0. The van der Waals surface area contributed by atoms with Crippen LogP contribution in [0.3, 0.4) is 0 Å². The van der Waals surface area contributed by atoms with Gasteiger partial charge in [-0.2, -0.15) is 5.26 Å². The Morgan fingerprint density at radius 3 is 2.30 bits per heavy atom. The first-order chi connectivity index (χ1) is 14.0. The van der Waals surface area contributed by atoms with Gasteiger partial charge in [0.15, 0.2) is 8.32 Å². The quantitative estimate of drug-likeness (QED) is 0.478. The first-order valence-electron chi connectivity index (χ1n) is 10.1. The van der Waals surface area contributed by atoms with Crippen molar-refractivity contribution < 1.29 is 19.1 Å². The molecule has 2 unspecified atom stereocenters. The van der Waals surface area contributed by atoms with Gasteiger partial charge in [0.25, 0.3) is 0 Å². The Balaban J connectivity index is 2.69. The Kier molecular flexibility index (Phi) is 7.25. The summed E-state index contributed by atoms with van der Waals surface area (Å²) < 4.78 is 11.7. The van der Waals surface area contributed by atoms with E-state index in [1.54, 1.807) is 43.3 Å². The fraction of sp³-hybridized carbons (Fsp3) is 0.417. The van der Waals surface area contributed by atoms with Crippen LogP contribution in [-0.2, 0) is 14.8 Å². The van der Waals surface area contributed by atoms with Crippen LogP contribution in [0.25, 0.3) is 0 Å². The molecule has 5 nitrogen and oxygen atoms in total. The highest BCUT2D eigenvalue weighted by Gasteiger charge is 2.50. The number of esters is 1. The number of benzene rings is 2. The lowest BCUT2D eigenvalue weighted by Crippen LogP contribution is -2.50. The van der Waals surface area contributed by atoms with Gasteiger partial charge in [-0.3, -0.25) is 0 Å². The summed E-state index contributed by atoms with van der Waals surface area (Å²) in [6.07, 6.45) is -1.24. The molecular formula is C24H31NO4Si. The monoisotopic (exact) mass is 425 g/mol. The minimum atomic E-state index is -2.50. The fourth-order valence-corrected chi connectivity index (χ4v) is 4.32. The summed E-state index contributed by atoms with van der Waals surface area (Å²) >= 11 is 0. The number of carbonyl (C=O) groups is 1. The molecule has 0 amide bonds. The van der Waals surface area contributed by atoms with Gasteiger partial charge in [-0.25, -0.2) is 4.79 Å². The normalized spacial score (nSPS) is 15.0. The Morgan fingerprint density at radius 2 is 1.77 bits per heavy atom. The first kappa shape index (κ1) is 23.8. The molecule has 30 heavy (non-hydrogen) atoms. The molecule has 2 aromatic rings. The summed E-state index contributed by atoms with van der Waals surface area (Å²) in [7, 11) is -2.50. The molecule has 2 aromatic carbocycles. The van der Waals surface area contributed by atoms with Crippen LogP contribution >= 0.6 is 0 Å². The molecule has 0 saturated carbocycles. The standard InChI is InChI=1S/C24H31NO4Si/c1-7-28-22(27)19-14-11-15-20(16-19)24(17-25,29-30(5,6)23(2,3)4)21(26)18-12-9-8-10-13-18/h8-16,21,26H,7H2,1-6H3. The number of rotatable bonds is 7. The molecule has 0 aromatic heterocycles. The van der Waals surface area contributed by atoms with E-state index in [0.29, 0.717) is 16.7 Å². The van der Waals surface area contributed by atoms with Crippen LogP contribution in [0.4, 0.5) is 0 Å². The summed E-state index contributed by atoms with van der Waals surface area (Å²) in [6.45, 7) is 12.3. The predicted molar refractivity (Wildman–Crippen MR) is 119 cm³/mol. The van der Waals surface area contributed by atoms with Crippen molar-refractivity contribution in [1.82, 2.24) is 0 Å². The number of hydrogen-bond donors (Lipinski definition) is 1. The zero-order chi connectivity index (χ0) is 22.6. The highest BCUT2D eigenvalue weighted by atomic mass is 28.4. The summed E-state index contributed by atoms with van der Waals surface area (Å²) in [5, 5.41) is 21.6. The van der Waals surface area contributed by atoms with Crippen molar-refractivity contribution in [2.75, 3.05) is 6.61 Å². The minimum absolute atomic E-state index is 0.190. The lowest BCUT2D eigenvalue weighted by atomic mass is 9.85. The Labute approximate surface area is 180 Å². The highest BCUT2D eigenvalue weighted by Crippen LogP contribution is 2.46. The van der Waals surface area contributed by atoms with Crippen molar-refractivity contribution in [2.24, 2.45) is 0 Å². The average Bonchev–Trinajstić information content (AvgIpc) is 2.71. The minimum Gasteiger partial charge on any atom is -0.462 e. The summed E-state index contributed by atoms with van der Waals surface area (Å²) in [4.78, 5) is 12.3. The maximum atomic E-state index is 12.3. The number of nitriles is 1. The van der Waals surface area contributed by atoms with Crippen molar-refractivity contribution >= 4 is 14.3 Å². The van der Waals surface area contributed by atoms with Crippen molar-refractivity contribution in [2.45, 2.75) is 57.5 Å². The molecule has 0 fully saturated rings. The fourth-order valence-electron chi connectivity index (χ4n) is 2.94. The summed E-state index contributed by atoms with van der Waals surface area (Å²) in [5.74, 6) is -0.479. The van der Waals surface area contributed by atoms with Crippen molar-refractivity contribution in [1.29, 1.82) is 5.26 Å². The molecule has 0 saturated heterocycles. The van der Waals surface area contributed by atoms with Crippen LogP contribution in [0, 0.1) is 11.3 Å². The van der Waals surface area contributed by atoms with Crippen molar-refractivity contribution in [3.8, 4) is 6.07 Å². The largest absolute Gasteiger partial charge is 0.462 e. The molecule has 0 bridgehead atoms. The van der Waals surface area contributed by atoms with Gasteiger partial charge in [-0.1, -0.05) is 63.2 Å². The molecule has 0 aliphatic rings. The van der Waals surface area contributed by atoms with Gasteiger partial charge in [0.1, 0.15) is 12.2 Å². The summed E-state index contributed by atoms with van der Waals surface area (Å²) in [5.41, 5.74) is -0.364. The lowest BCUT2D eigenvalue weighted by Gasteiger charge is -2.44. The van der Waals surface area contributed by atoms with Crippen LogP contribution in [0.15, 0.2) is 54.6 Å². The van der Waals surface area contributed by atoms with E-state index in [-0.39, 0.29) is 11.6 Å². The maximum absolute atomic E-state index is 12.3. The van der Waals surface area contributed by atoms with E-state index in [2.05, 4.69) is 26.8 Å². The van der Waals surface area contributed by atoms with E-state index in [0.717, 1.165) is 0 Å². The molecule has 0 aliphatic heterocycles. The number of aliphatic hydroxyl groups excluding tert-OH is 1. The number of hydrogen-bond acceptors (Lipinski definition) is 5. The molecule has 6 heteroatoms. The van der Waals surface area contributed by atoms with Gasteiger partial charge in [0, 0.05) is 5.56 Å². The van der Waals surface area contributed by atoms with E-state index in [1.807, 2.05) is 31.3 Å². The molecule has 1 N–H and O–H groups in total. The van der Waals surface area contributed by atoms with E-state index in [1.165, 1.54) is 0 Å². The van der Waals surface area contributed by atoms with Crippen LogP contribution in [0.1, 0.15) is 55.3 Å². The Morgan fingerprint density at radius 1 is 1.13 bits per heavy atom. The maximum Gasteiger partial charge on any atom is 0.338 e. The number of nitrogens with zero attached hydrogens (tertiary/aromatic N) is 1. The lowest BCUT2D eigenvalue weighted by molar-refractivity contribution is -0.0297. The molecule has 0 radical (unpaired) electrons. The van der Waals surface area contributed by atoms with E-state index < -0.39 is 26.0 Å². The third kappa shape index (κ3) is 4.81. The third-order valence-corrected chi connectivity index (χ3v) is 10.1. The third-order valence-electron chi connectivity index (χ3n) is 5.69. The van der Waals surface area contributed by atoms with Gasteiger partial charge in [-0.15, -0.1) is 0 Å². The second-order valence-corrected chi connectivity index (χ2v) is 13.5. The van der Waals surface area contributed by atoms with Crippen molar-refractivity contribution in [3.05, 3.63) is 71.3 Å².